The lowest BCUT2D eigenvalue weighted by Gasteiger charge is -2.50. The quantitative estimate of drug-likeness (QED) is 0.374. The Morgan fingerprint density at radius 3 is 2.20 bits per heavy atom. The minimum Gasteiger partial charge on any atom is -0.444 e. The molecule has 1 unspecified atom stereocenters. The zero-order valence-corrected chi connectivity index (χ0v) is 26.6. The zero-order valence-electron chi connectivity index (χ0n) is 26.6. The Morgan fingerprint density at radius 1 is 0.909 bits per heavy atom. The van der Waals surface area contributed by atoms with Gasteiger partial charge in [0, 0.05) is 45.2 Å². The average molecular weight is 614 g/mol. The molecule has 3 heterocycles. The molecule has 240 valence electrons. The van der Waals surface area contributed by atoms with Crippen molar-refractivity contribution in [3.63, 3.8) is 0 Å². The molecule has 2 amide bonds. The number of amides is 2. The van der Waals surface area contributed by atoms with Crippen molar-refractivity contribution in [2.75, 3.05) is 32.7 Å². The highest BCUT2D eigenvalue weighted by molar-refractivity contribution is 5.77. The molecule has 3 aliphatic heterocycles. The fraction of sp³-hybridized carbons (Fsp3) is 0.588. The van der Waals surface area contributed by atoms with Crippen molar-refractivity contribution in [2.45, 2.75) is 84.8 Å². The van der Waals surface area contributed by atoms with E-state index in [0.717, 1.165) is 24.0 Å². The number of nitrogens with zero attached hydrogens (tertiary/aromatic N) is 3. The van der Waals surface area contributed by atoms with Crippen molar-refractivity contribution >= 4 is 12.0 Å². The van der Waals surface area contributed by atoms with E-state index in [0.29, 0.717) is 39.1 Å². The molecule has 2 fully saturated rings. The van der Waals surface area contributed by atoms with Gasteiger partial charge in [-0.15, -0.1) is 8.78 Å². The van der Waals surface area contributed by atoms with Crippen molar-refractivity contribution < 1.29 is 32.6 Å². The smallest absolute Gasteiger partial charge is 0.444 e. The van der Waals surface area contributed by atoms with Gasteiger partial charge < -0.3 is 24.0 Å². The molecule has 0 aromatic heterocycles. The van der Waals surface area contributed by atoms with Crippen LogP contribution in [0.2, 0.25) is 0 Å². The molecule has 0 N–H and O–H groups in total. The molecule has 2 aromatic carbocycles. The molecule has 8 nitrogen and oxygen atoms in total. The summed E-state index contributed by atoms with van der Waals surface area (Å²) in [7, 11) is 0. The van der Waals surface area contributed by atoms with Gasteiger partial charge in [-0.3, -0.25) is 9.69 Å². The van der Waals surface area contributed by atoms with Crippen LogP contribution in [0.4, 0.5) is 13.6 Å². The number of ether oxygens (including phenoxy) is 3. The van der Waals surface area contributed by atoms with Crippen LogP contribution in [0.25, 0.3) is 0 Å². The Morgan fingerprint density at radius 2 is 1.57 bits per heavy atom. The van der Waals surface area contributed by atoms with Gasteiger partial charge in [0.2, 0.25) is 5.91 Å². The predicted octanol–water partition coefficient (Wildman–Crippen LogP) is 6.69. The first-order valence-corrected chi connectivity index (χ1v) is 15.6. The number of piperidine rings is 1. The number of likely N-dealkylation sites (tertiary alicyclic amines) is 1. The Bertz CT molecular complexity index is 1330. The van der Waals surface area contributed by atoms with Crippen LogP contribution in [0.3, 0.4) is 0 Å². The number of alkyl halides is 2. The number of carbonyl (C=O) groups is 2. The van der Waals surface area contributed by atoms with E-state index in [1.54, 1.807) is 11.0 Å². The van der Waals surface area contributed by atoms with E-state index in [9.17, 15) is 18.4 Å². The highest BCUT2D eigenvalue weighted by Gasteiger charge is 2.45. The Balaban J connectivity index is 1.30. The number of fused-ring (bicyclic) bond motifs is 1. The zero-order chi connectivity index (χ0) is 31.9. The first-order valence-electron chi connectivity index (χ1n) is 15.6. The molecule has 2 atom stereocenters. The number of hydrogen-bond donors (Lipinski definition) is 0. The summed E-state index contributed by atoms with van der Waals surface area (Å²) in [6.45, 7) is 15.0. The van der Waals surface area contributed by atoms with Gasteiger partial charge >= 0.3 is 12.4 Å². The first kappa shape index (κ1) is 32.0. The summed E-state index contributed by atoms with van der Waals surface area (Å²) >= 11 is 0. The number of piperazine rings is 1. The van der Waals surface area contributed by atoms with Crippen LogP contribution in [-0.4, -0.2) is 77.4 Å². The summed E-state index contributed by atoms with van der Waals surface area (Å²) in [6, 6.07) is 14.7. The summed E-state index contributed by atoms with van der Waals surface area (Å²) < 4.78 is 42.6. The highest BCUT2D eigenvalue weighted by Crippen LogP contribution is 2.44. The van der Waals surface area contributed by atoms with E-state index in [1.807, 2.05) is 62.1 Å². The van der Waals surface area contributed by atoms with Crippen LogP contribution in [0.5, 0.6) is 11.5 Å². The van der Waals surface area contributed by atoms with Crippen LogP contribution in [-0.2, 0) is 9.53 Å². The summed E-state index contributed by atoms with van der Waals surface area (Å²) in [5.41, 5.74) is 1.11. The standard InChI is InChI=1S/C34H45F2N3O5/c1-32(2,3)28-22-38(18-19-39(28)29(40)20-23-14-16-37(17-15-23)31(41)44-33(4,5)6)30(24-10-8-7-9-11-24)25-12-13-26-27(21-25)43-34(35,36)42-26/h7-13,21,23,28,30H,14-20,22H2,1-6H3/t28-,30?/m1/s1. The van der Waals surface area contributed by atoms with Gasteiger partial charge in [-0.2, -0.15) is 0 Å². The van der Waals surface area contributed by atoms with E-state index in [-0.39, 0.29) is 46.9 Å². The van der Waals surface area contributed by atoms with Gasteiger partial charge in [-0.25, -0.2) is 4.79 Å². The molecule has 2 saturated heterocycles. The van der Waals surface area contributed by atoms with Gasteiger partial charge in [-0.05, 0) is 68.2 Å². The minimum atomic E-state index is -3.68. The third-order valence-corrected chi connectivity index (χ3v) is 8.68. The lowest BCUT2D eigenvalue weighted by molar-refractivity contribution is -0.286. The molecule has 44 heavy (non-hydrogen) atoms. The van der Waals surface area contributed by atoms with Crippen molar-refractivity contribution in [1.82, 2.24) is 14.7 Å². The highest BCUT2D eigenvalue weighted by atomic mass is 19.3. The van der Waals surface area contributed by atoms with Gasteiger partial charge in [0.05, 0.1) is 6.04 Å². The van der Waals surface area contributed by atoms with Gasteiger partial charge in [0.15, 0.2) is 11.5 Å². The lowest BCUT2D eigenvalue weighted by atomic mass is 9.82. The molecule has 3 aliphatic rings. The summed E-state index contributed by atoms with van der Waals surface area (Å²) in [5, 5.41) is 0. The number of rotatable bonds is 5. The van der Waals surface area contributed by atoms with Crippen LogP contribution < -0.4 is 9.47 Å². The maximum atomic E-state index is 13.8. The van der Waals surface area contributed by atoms with Crippen molar-refractivity contribution in [3.05, 3.63) is 59.7 Å². The van der Waals surface area contributed by atoms with E-state index in [2.05, 4.69) is 30.4 Å². The Labute approximate surface area is 259 Å². The van der Waals surface area contributed by atoms with Gasteiger partial charge in [-0.1, -0.05) is 57.2 Å². The first-order chi connectivity index (χ1) is 20.6. The molecule has 0 saturated carbocycles. The van der Waals surface area contributed by atoms with Crippen LogP contribution in [0.1, 0.15) is 78.0 Å². The van der Waals surface area contributed by atoms with E-state index in [1.165, 1.54) is 6.07 Å². The van der Waals surface area contributed by atoms with Crippen molar-refractivity contribution in [2.24, 2.45) is 11.3 Å². The molecule has 2 aromatic rings. The third kappa shape index (κ3) is 7.45. The second-order valence-electron chi connectivity index (χ2n) is 14.3. The molecule has 0 radical (unpaired) electrons. The molecular weight excluding hydrogens is 568 g/mol. The minimum absolute atomic E-state index is 0.0190. The van der Waals surface area contributed by atoms with Gasteiger partial charge in [0.1, 0.15) is 5.60 Å². The summed E-state index contributed by atoms with van der Waals surface area (Å²) in [4.78, 5) is 32.4. The number of carbonyl (C=O) groups excluding carboxylic acids is 2. The van der Waals surface area contributed by atoms with E-state index >= 15 is 0 Å². The van der Waals surface area contributed by atoms with Crippen LogP contribution in [0, 0.1) is 11.3 Å². The largest absolute Gasteiger partial charge is 0.586 e. The molecule has 0 spiro atoms. The summed E-state index contributed by atoms with van der Waals surface area (Å²) in [5.74, 6) is 0.392. The Kier molecular flexibility index (Phi) is 8.86. The topological polar surface area (TPSA) is 71.6 Å². The normalized spacial score (nSPS) is 21.7. The molecule has 0 aliphatic carbocycles. The second-order valence-corrected chi connectivity index (χ2v) is 14.3. The molecule has 5 rings (SSSR count). The van der Waals surface area contributed by atoms with Crippen LogP contribution >= 0.6 is 0 Å². The number of hydrogen-bond acceptors (Lipinski definition) is 6. The molecule has 10 heteroatoms. The molecular formula is C34H45F2N3O5. The number of benzene rings is 2. The monoisotopic (exact) mass is 613 g/mol. The van der Waals surface area contributed by atoms with E-state index in [4.69, 9.17) is 9.47 Å². The van der Waals surface area contributed by atoms with Crippen LogP contribution in [0.15, 0.2) is 48.5 Å². The fourth-order valence-electron chi connectivity index (χ4n) is 6.47. The average Bonchev–Trinajstić information content (AvgIpc) is 3.26. The second kappa shape index (κ2) is 12.2. The maximum Gasteiger partial charge on any atom is 0.586 e. The third-order valence-electron chi connectivity index (χ3n) is 8.68. The fourth-order valence-corrected chi connectivity index (χ4v) is 6.47. The van der Waals surface area contributed by atoms with Gasteiger partial charge in [0.25, 0.3) is 0 Å². The van der Waals surface area contributed by atoms with Crippen molar-refractivity contribution in [3.8, 4) is 11.5 Å². The predicted molar refractivity (Wildman–Crippen MR) is 163 cm³/mol. The molecule has 0 bridgehead atoms. The Hall–Kier alpha value is -3.40. The SMILES string of the molecule is CC(C)(C)OC(=O)N1CCC(CC(=O)N2CCN(C(c3ccccc3)c3ccc4c(c3)OC(F)(F)O4)C[C@@H]2C(C)(C)C)CC1. The maximum absolute atomic E-state index is 13.8. The lowest BCUT2D eigenvalue weighted by Crippen LogP contribution is -2.60. The van der Waals surface area contributed by atoms with Crippen molar-refractivity contribution in [1.29, 1.82) is 0 Å². The van der Waals surface area contributed by atoms with E-state index < -0.39 is 11.9 Å². The summed E-state index contributed by atoms with van der Waals surface area (Å²) in [6.07, 6.45) is -1.99. The number of halogens is 2.